The molecule has 21 heavy (non-hydrogen) atoms. The van der Waals surface area contributed by atoms with Crippen LogP contribution >= 0.6 is 11.6 Å². The molecule has 0 bridgehead atoms. The van der Waals surface area contributed by atoms with Crippen LogP contribution in [0.1, 0.15) is 36.3 Å². The number of aromatic nitrogens is 1. The van der Waals surface area contributed by atoms with Gasteiger partial charge in [0.2, 0.25) is 0 Å². The largest absolute Gasteiger partial charge is 0.482 e. The minimum Gasteiger partial charge on any atom is -0.482 e. The molecule has 0 aliphatic carbocycles. The molecule has 0 aliphatic rings. The molecule has 2 unspecified atom stereocenters. The van der Waals surface area contributed by atoms with Crippen LogP contribution in [0.4, 0.5) is 0 Å². The molecule has 0 radical (unpaired) electrons. The van der Waals surface area contributed by atoms with Gasteiger partial charge in [-0.3, -0.25) is 4.98 Å². The monoisotopic (exact) mass is 304 g/mol. The lowest BCUT2D eigenvalue weighted by Gasteiger charge is -2.24. The fourth-order valence-corrected chi connectivity index (χ4v) is 2.36. The Bertz CT molecular complexity index is 578. The first kappa shape index (κ1) is 15.8. The number of ether oxygens (including phenoxy) is 1. The summed E-state index contributed by atoms with van der Waals surface area (Å²) in [6, 6.07) is 9.53. The van der Waals surface area contributed by atoms with Crippen molar-refractivity contribution in [3.05, 3.63) is 58.4 Å². The number of nitrogens with two attached hydrogens (primary N) is 1. The number of pyridine rings is 1. The first-order valence-corrected chi connectivity index (χ1v) is 7.50. The molecular formula is C17H21ClN2O. The van der Waals surface area contributed by atoms with Gasteiger partial charge in [0.25, 0.3) is 0 Å². The van der Waals surface area contributed by atoms with Gasteiger partial charge >= 0.3 is 0 Å². The third-order valence-electron chi connectivity index (χ3n) is 3.51. The summed E-state index contributed by atoms with van der Waals surface area (Å²) in [7, 11) is 0. The van der Waals surface area contributed by atoms with E-state index in [4.69, 9.17) is 22.1 Å². The lowest BCUT2D eigenvalue weighted by Crippen LogP contribution is -2.32. The third-order valence-corrected chi connectivity index (χ3v) is 4.11. The van der Waals surface area contributed by atoms with E-state index < -0.39 is 0 Å². The molecule has 2 aromatic rings. The number of halogens is 1. The minimum atomic E-state index is -0.267. The summed E-state index contributed by atoms with van der Waals surface area (Å²) < 4.78 is 6.12. The second-order valence-electron chi connectivity index (χ2n) is 5.24. The van der Waals surface area contributed by atoms with Gasteiger partial charge in [-0.15, -0.1) is 0 Å². The number of rotatable bonds is 5. The topological polar surface area (TPSA) is 48.1 Å². The molecule has 2 rings (SSSR count). The molecule has 0 amide bonds. The fourth-order valence-electron chi connectivity index (χ4n) is 2.25. The Kier molecular flexibility index (Phi) is 5.21. The molecule has 0 saturated carbocycles. The van der Waals surface area contributed by atoms with Crippen LogP contribution in [0.5, 0.6) is 5.75 Å². The normalized spacial score (nSPS) is 13.8. The molecule has 0 spiro atoms. The van der Waals surface area contributed by atoms with Crippen LogP contribution in [0, 0.1) is 13.8 Å². The summed E-state index contributed by atoms with van der Waals surface area (Å²) >= 11 is 6.20. The summed E-state index contributed by atoms with van der Waals surface area (Å²) in [5, 5.41) is 0.775. The number of hydrogen-bond donors (Lipinski definition) is 1. The van der Waals surface area contributed by atoms with Crippen LogP contribution in [0.2, 0.25) is 5.02 Å². The highest BCUT2D eigenvalue weighted by molar-refractivity contribution is 6.32. The van der Waals surface area contributed by atoms with E-state index in [1.165, 1.54) is 0 Å². The second kappa shape index (κ2) is 6.92. The van der Waals surface area contributed by atoms with Crippen molar-refractivity contribution in [1.29, 1.82) is 0 Å². The van der Waals surface area contributed by atoms with Gasteiger partial charge in [-0.2, -0.15) is 0 Å². The summed E-state index contributed by atoms with van der Waals surface area (Å²) in [6.45, 7) is 5.98. The van der Waals surface area contributed by atoms with Crippen LogP contribution in [-0.4, -0.2) is 11.0 Å². The molecular weight excluding hydrogens is 284 g/mol. The zero-order valence-corrected chi connectivity index (χ0v) is 13.4. The molecule has 112 valence electrons. The third kappa shape index (κ3) is 3.74. The van der Waals surface area contributed by atoms with E-state index >= 15 is 0 Å². The van der Waals surface area contributed by atoms with Gasteiger partial charge in [0, 0.05) is 17.3 Å². The number of aryl methyl sites for hydroxylation is 2. The van der Waals surface area contributed by atoms with Crippen molar-refractivity contribution in [3.8, 4) is 5.75 Å². The van der Waals surface area contributed by atoms with E-state index in [0.717, 1.165) is 34.0 Å². The molecule has 1 heterocycles. The highest BCUT2D eigenvalue weighted by atomic mass is 35.5. The van der Waals surface area contributed by atoms with E-state index in [1.807, 2.05) is 51.1 Å². The Balaban J connectivity index is 2.32. The van der Waals surface area contributed by atoms with Crippen molar-refractivity contribution in [2.75, 3.05) is 0 Å². The van der Waals surface area contributed by atoms with Crippen LogP contribution in [0.25, 0.3) is 0 Å². The van der Waals surface area contributed by atoms with Gasteiger partial charge in [0.15, 0.2) is 6.10 Å². The Morgan fingerprint density at radius 3 is 2.43 bits per heavy atom. The second-order valence-corrected chi connectivity index (χ2v) is 5.61. The molecule has 0 fully saturated rings. The number of benzene rings is 1. The van der Waals surface area contributed by atoms with Crippen LogP contribution < -0.4 is 10.5 Å². The van der Waals surface area contributed by atoms with Gasteiger partial charge in [-0.25, -0.2) is 0 Å². The zero-order chi connectivity index (χ0) is 15.4. The van der Waals surface area contributed by atoms with Crippen molar-refractivity contribution in [2.45, 2.75) is 39.3 Å². The highest BCUT2D eigenvalue weighted by Gasteiger charge is 2.22. The summed E-state index contributed by atoms with van der Waals surface area (Å²) in [5.74, 6) is 0.772. The predicted octanol–water partition coefficient (Wildman–Crippen LogP) is 4.21. The molecule has 2 N–H and O–H groups in total. The van der Waals surface area contributed by atoms with E-state index in [0.29, 0.717) is 0 Å². The molecule has 4 heteroatoms. The van der Waals surface area contributed by atoms with Gasteiger partial charge in [-0.1, -0.05) is 24.6 Å². The van der Waals surface area contributed by atoms with Crippen LogP contribution in [0.15, 0.2) is 36.5 Å². The van der Waals surface area contributed by atoms with E-state index in [1.54, 1.807) is 6.20 Å². The summed E-state index contributed by atoms with van der Waals surface area (Å²) in [6.07, 6.45) is 2.30. The van der Waals surface area contributed by atoms with Gasteiger partial charge in [0.1, 0.15) is 5.75 Å². The Labute approximate surface area is 131 Å². The first-order valence-electron chi connectivity index (χ1n) is 7.12. The maximum atomic E-state index is 6.21. The maximum Gasteiger partial charge on any atom is 0.155 e. The van der Waals surface area contributed by atoms with Crippen molar-refractivity contribution in [3.63, 3.8) is 0 Å². The van der Waals surface area contributed by atoms with E-state index in [2.05, 4.69) is 4.98 Å². The average Bonchev–Trinajstić information content (AvgIpc) is 2.50. The van der Waals surface area contributed by atoms with Gasteiger partial charge < -0.3 is 10.5 Å². The number of nitrogens with zero attached hydrogens (tertiary/aromatic N) is 1. The molecule has 2 atom stereocenters. The minimum absolute atomic E-state index is 0.115. The number of hydrogen-bond acceptors (Lipinski definition) is 3. The maximum absolute atomic E-state index is 6.21. The molecule has 0 saturated heterocycles. The summed E-state index contributed by atoms with van der Waals surface area (Å²) in [5.41, 5.74) is 9.05. The van der Waals surface area contributed by atoms with Crippen LogP contribution in [0.3, 0.4) is 0 Å². The zero-order valence-electron chi connectivity index (χ0n) is 12.6. The molecule has 1 aromatic carbocycles. The quantitative estimate of drug-likeness (QED) is 0.900. The predicted molar refractivity (Wildman–Crippen MR) is 86.8 cm³/mol. The smallest absolute Gasteiger partial charge is 0.155 e. The van der Waals surface area contributed by atoms with Gasteiger partial charge in [0.05, 0.1) is 5.69 Å². The lowest BCUT2D eigenvalue weighted by atomic mass is 10.1. The first-order chi connectivity index (χ1) is 10.0. The van der Waals surface area contributed by atoms with Crippen molar-refractivity contribution in [1.82, 2.24) is 4.98 Å². The standard InChI is InChI=1S/C17H21ClN2O/c1-4-14(19)17(15-7-5-6-8-20-15)21-13-9-11(2)16(18)12(3)10-13/h5-10,14,17H,4,19H2,1-3H3. The lowest BCUT2D eigenvalue weighted by molar-refractivity contribution is 0.166. The summed E-state index contributed by atoms with van der Waals surface area (Å²) in [4.78, 5) is 4.38. The van der Waals surface area contributed by atoms with Crippen molar-refractivity contribution in [2.24, 2.45) is 5.73 Å². The Hall–Kier alpha value is -1.58. The van der Waals surface area contributed by atoms with E-state index in [-0.39, 0.29) is 12.1 Å². The van der Waals surface area contributed by atoms with Crippen LogP contribution in [-0.2, 0) is 0 Å². The molecule has 1 aromatic heterocycles. The van der Waals surface area contributed by atoms with Gasteiger partial charge in [-0.05, 0) is 55.7 Å². The highest BCUT2D eigenvalue weighted by Crippen LogP contribution is 2.30. The molecule has 0 aliphatic heterocycles. The van der Waals surface area contributed by atoms with E-state index in [9.17, 15) is 0 Å². The average molecular weight is 305 g/mol. The SMILES string of the molecule is CCC(N)C(Oc1cc(C)c(Cl)c(C)c1)c1ccccn1. The Morgan fingerprint density at radius 2 is 1.90 bits per heavy atom. The Morgan fingerprint density at radius 1 is 1.24 bits per heavy atom. The van der Waals surface area contributed by atoms with Crippen molar-refractivity contribution >= 4 is 11.6 Å². The fraction of sp³-hybridized carbons (Fsp3) is 0.353. The molecule has 3 nitrogen and oxygen atoms in total. The van der Waals surface area contributed by atoms with Crippen molar-refractivity contribution < 1.29 is 4.74 Å².